The van der Waals surface area contributed by atoms with Crippen molar-refractivity contribution in [2.45, 2.75) is 37.5 Å². The van der Waals surface area contributed by atoms with Gasteiger partial charge >= 0.3 is 0 Å². The van der Waals surface area contributed by atoms with E-state index in [1.807, 2.05) is 0 Å². The maximum absolute atomic E-state index is 2.45. The summed E-state index contributed by atoms with van der Waals surface area (Å²) in [7, 11) is 0. The summed E-state index contributed by atoms with van der Waals surface area (Å²) in [5.74, 6) is 0.993. The fourth-order valence-corrected chi connectivity index (χ4v) is 4.47. The van der Waals surface area contributed by atoms with Crippen LogP contribution in [0.5, 0.6) is 0 Å². The number of hydrogen-bond acceptors (Lipinski definition) is 0. The zero-order valence-corrected chi connectivity index (χ0v) is 14.4. The summed E-state index contributed by atoms with van der Waals surface area (Å²) in [5.41, 5.74) is 6.07. The summed E-state index contributed by atoms with van der Waals surface area (Å²) in [6.07, 6.45) is 1.17. The summed E-state index contributed by atoms with van der Waals surface area (Å²) in [5, 5.41) is 0. The van der Waals surface area contributed by atoms with Crippen LogP contribution >= 0.6 is 0 Å². The third kappa shape index (κ3) is 2.38. The van der Waals surface area contributed by atoms with E-state index >= 15 is 0 Å². The Balaban J connectivity index is 1.81. The minimum atomic E-state index is 0.165. The molecule has 3 aromatic carbocycles. The van der Waals surface area contributed by atoms with Gasteiger partial charge in [-0.05, 0) is 34.6 Å². The lowest BCUT2D eigenvalue weighted by Gasteiger charge is -2.33. The standard InChI is InChI=1S/C24H24/c1-18(19-11-5-3-6-12-19)24(2)17-22(20-13-7-4-8-14-20)21-15-9-10-16-23(21)24/h3-16,18,22H,17H2,1-2H3/t18-,22-,24+/m1/s1. The fraction of sp³-hybridized carbons (Fsp3) is 0.250. The van der Waals surface area contributed by atoms with Crippen molar-refractivity contribution in [2.24, 2.45) is 0 Å². The molecule has 0 fully saturated rings. The Hall–Kier alpha value is -2.34. The van der Waals surface area contributed by atoms with E-state index in [-0.39, 0.29) is 5.41 Å². The molecule has 1 aliphatic rings. The lowest BCUT2D eigenvalue weighted by atomic mass is 9.70. The molecule has 0 unspecified atom stereocenters. The summed E-state index contributed by atoms with van der Waals surface area (Å²) in [4.78, 5) is 0. The summed E-state index contributed by atoms with van der Waals surface area (Å²) >= 11 is 0. The van der Waals surface area contributed by atoms with Gasteiger partial charge in [0.25, 0.3) is 0 Å². The van der Waals surface area contributed by atoms with Gasteiger partial charge in [0, 0.05) is 11.3 Å². The molecule has 0 amide bonds. The highest BCUT2D eigenvalue weighted by molar-refractivity contribution is 5.49. The van der Waals surface area contributed by atoms with E-state index in [1.54, 1.807) is 0 Å². The van der Waals surface area contributed by atoms with E-state index in [4.69, 9.17) is 0 Å². The van der Waals surface area contributed by atoms with E-state index < -0.39 is 0 Å². The van der Waals surface area contributed by atoms with E-state index in [1.165, 1.54) is 28.7 Å². The lowest BCUT2D eigenvalue weighted by molar-refractivity contribution is 0.382. The molecule has 0 radical (unpaired) electrons. The zero-order chi connectivity index (χ0) is 16.6. The van der Waals surface area contributed by atoms with Crippen molar-refractivity contribution >= 4 is 0 Å². The van der Waals surface area contributed by atoms with Crippen molar-refractivity contribution in [3.63, 3.8) is 0 Å². The first-order valence-corrected chi connectivity index (χ1v) is 8.89. The highest BCUT2D eigenvalue weighted by Crippen LogP contribution is 2.54. The predicted octanol–water partition coefficient (Wildman–Crippen LogP) is 6.28. The van der Waals surface area contributed by atoms with Crippen molar-refractivity contribution in [1.82, 2.24) is 0 Å². The average Bonchev–Trinajstić information content (AvgIpc) is 2.97. The summed E-state index contributed by atoms with van der Waals surface area (Å²) in [6, 6.07) is 31.0. The topological polar surface area (TPSA) is 0 Å². The number of benzene rings is 3. The van der Waals surface area contributed by atoms with Crippen LogP contribution < -0.4 is 0 Å². The second kappa shape index (κ2) is 5.94. The van der Waals surface area contributed by atoms with Gasteiger partial charge in [0.1, 0.15) is 0 Å². The lowest BCUT2D eigenvalue weighted by Crippen LogP contribution is -2.26. The van der Waals surface area contributed by atoms with Crippen LogP contribution in [0.4, 0.5) is 0 Å². The fourth-order valence-electron chi connectivity index (χ4n) is 4.47. The van der Waals surface area contributed by atoms with E-state index in [9.17, 15) is 0 Å². The minimum Gasteiger partial charge on any atom is -0.0622 e. The molecule has 24 heavy (non-hydrogen) atoms. The highest BCUT2D eigenvalue weighted by atomic mass is 14.5. The molecular formula is C24H24. The van der Waals surface area contributed by atoms with Gasteiger partial charge in [-0.2, -0.15) is 0 Å². The van der Waals surface area contributed by atoms with E-state index in [0.717, 1.165) is 0 Å². The molecule has 0 heterocycles. The third-order valence-electron chi connectivity index (χ3n) is 6.04. The van der Waals surface area contributed by atoms with Gasteiger partial charge in [-0.15, -0.1) is 0 Å². The van der Waals surface area contributed by atoms with Crippen LogP contribution in [0.15, 0.2) is 84.9 Å². The Morgan fingerprint density at radius 3 is 2.08 bits per heavy atom. The average molecular weight is 312 g/mol. The Kier molecular flexibility index (Phi) is 3.76. The summed E-state index contributed by atoms with van der Waals surface area (Å²) in [6.45, 7) is 4.84. The molecule has 0 bridgehead atoms. The molecule has 4 rings (SSSR count). The Morgan fingerprint density at radius 1 is 0.792 bits per heavy atom. The van der Waals surface area contributed by atoms with Crippen molar-refractivity contribution in [1.29, 1.82) is 0 Å². The molecule has 0 saturated heterocycles. The maximum Gasteiger partial charge on any atom is 0.0101 e. The Bertz CT molecular complexity index is 819. The molecule has 0 nitrogen and oxygen atoms in total. The maximum atomic E-state index is 2.45. The first kappa shape index (κ1) is 15.2. The Labute approximate surface area is 145 Å². The second-order valence-corrected chi connectivity index (χ2v) is 7.30. The molecule has 0 aromatic heterocycles. The third-order valence-corrected chi connectivity index (χ3v) is 6.04. The van der Waals surface area contributed by atoms with Gasteiger partial charge in [0.05, 0.1) is 0 Å². The van der Waals surface area contributed by atoms with E-state index in [2.05, 4.69) is 98.8 Å². The van der Waals surface area contributed by atoms with Gasteiger partial charge in [-0.25, -0.2) is 0 Å². The van der Waals surface area contributed by atoms with Gasteiger partial charge in [0.15, 0.2) is 0 Å². The molecule has 0 aliphatic heterocycles. The van der Waals surface area contributed by atoms with Crippen molar-refractivity contribution in [3.05, 3.63) is 107 Å². The monoisotopic (exact) mass is 312 g/mol. The molecule has 3 aromatic rings. The van der Waals surface area contributed by atoms with Crippen molar-refractivity contribution in [3.8, 4) is 0 Å². The van der Waals surface area contributed by atoms with Gasteiger partial charge in [-0.3, -0.25) is 0 Å². The van der Waals surface area contributed by atoms with Crippen molar-refractivity contribution < 1.29 is 0 Å². The second-order valence-electron chi connectivity index (χ2n) is 7.30. The molecular weight excluding hydrogens is 288 g/mol. The largest absolute Gasteiger partial charge is 0.0622 e. The van der Waals surface area contributed by atoms with Crippen LogP contribution in [0.3, 0.4) is 0 Å². The smallest absolute Gasteiger partial charge is 0.0101 e. The van der Waals surface area contributed by atoms with Gasteiger partial charge < -0.3 is 0 Å². The molecule has 0 spiro atoms. The molecule has 120 valence electrons. The van der Waals surface area contributed by atoms with Crippen LogP contribution in [0.25, 0.3) is 0 Å². The van der Waals surface area contributed by atoms with Crippen LogP contribution in [0, 0.1) is 0 Å². The van der Waals surface area contributed by atoms with Gasteiger partial charge in [-0.1, -0.05) is 98.8 Å². The number of fused-ring (bicyclic) bond motifs is 1. The first-order chi connectivity index (χ1) is 11.7. The quantitative estimate of drug-likeness (QED) is 0.533. The number of rotatable bonds is 3. The Morgan fingerprint density at radius 2 is 1.38 bits per heavy atom. The summed E-state index contributed by atoms with van der Waals surface area (Å²) < 4.78 is 0. The van der Waals surface area contributed by atoms with Crippen LogP contribution in [-0.2, 0) is 5.41 Å². The SMILES string of the molecule is C[C@H](c1ccccc1)[C@]1(C)C[C@H](c2ccccc2)c2ccccc21. The number of hydrogen-bond donors (Lipinski definition) is 0. The molecule has 0 heteroatoms. The van der Waals surface area contributed by atoms with Crippen LogP contribution in [0.1, 0.15) is 54.4 Å². The molecule has 0 saturated carbocycles. The van der Waals surface area contributed by atoms with Crippen LogP contribution in [-0.4, -0.2) is 0 Å². The van der Waals surface area contributed by atoms with Crippen molar-refractivity contribution in [2.75, 3.05) is 0 Å². The first-order valence-electron chi connectivity index (χ1n) is 8.89. The normalized spacial score (nSPS) is 23.7. The molecule has 3 atom stereocenters. The molecule has 0 N–H and O–H groups in total. The minimum absolute atomic E-state index is 0.165. The zero-order valence-electron chi connectivity index (χ0n) is 14.4. The molecule has 1 aliphatic carbocycles. The van der Waals surface area contributed by atoms with Crippen LogP contribution in [0.2, 0.25) is 0 Å². The van der Waals surface area contributed by atoms with Gasteiger partial charge in [0.2, 0.25) is 0 Å². The van der Waals surface area contributed by atoms with E-state index in [0.29, 0.717) is 11.8 Å². The highest BCUT2D eigenvalue weighted by Gasteiger charge is 2.44. The predicted molar refractivity (Wildman–Crippen MR) is 102 cm³/mol.